The number of nitrogens with zero attached hydrogens (tertiary/aromatic N) is 2. The molecule has 1 atom stereocenters. The fourth-order valence-electron chi connectivity index (χ4n) is 3.15. The van der Waals surface area contributed by atoms with Gasteiger partial charge >= 0.3 is 0 Å². The summed E-state index contributed by atoms with van der Waals surface area (Å²) in [6.07, 6.45) is 3.78. The van der Waals surface area contributed by atoms with E-state index in [2.05, 4.69) is 54.2 Å². The molecule has 136 valence electrons. The first-order valence-corrected chi connectivity index (χ1v) is 8.94. The zero-order chi connectivity index (χ0) is 16.7. The summed E-state index contributed by atoms with van der Waals surface area (Å²) < 4.78 is 0. The van der Waals surface area contributed by atoms with E-state index in [4.69, 9.17) is 5.73 Å². The van der Waals surface area contributed by atoms with Crippen LogP contribution in [0.2, 0.25) is 0 Å². The maximum atomic E-state index is 6.00. The standard InChI is InChI=1S/C19H32N4.HI/c1-15(2)17-8-4-9-18(13-17)22-19(20)21-10-6-12-23-11-5-7-16(3)14-23;/h4,8-9,13,15-16H,5-7,10-12,14H2,1-3H3,(H3,20,21,22);1H. The minimum atomic E-state index is 0. The molecular weight excluding hydrogens is 411 g/mol. The summed E-state index contributed by atoms with van der Waals surface area (Å²) in [7, 11) is 0. The number of benzene rings is 1. The third-order valence-corrected chi connectivity index (χ3v) is 4.48. The van der Waals surface area contributed by atoms with Crippen molar-refractivity contribution in [3.63, 3.8) is 0 Å². The zero-order valence-corrected chi connectivity index (χ0v) is 17.6. The number of hydrogen-bond acceptors (Lipinski definition) is 2. The van der Waals surface area contributed by atoms with Crippen LogP contribution in [0.3, 0.4) is 0 Å². The summed E-state index contributed by atoms with van der Waals surface area (Å²) >= 11 is 0. The van der Waals surface area contributed by atoms with Crippen LogP contribution in [0.4, 0.5) is 5.69 Å². The van der Waals surface area contributed by atoms with E-state index in [1.54, 1.807) is 0 Å². The highest BCUT2D eigenvalue weighted by Crippen LogP contribution is 2.18. The lowest BCUT2D eigenvalue weighted by atomic mass is 10.0. The lowest BCUT2D eigenvalue weighted by molar-refractivity contribution is 0.183. The molecule has 0 aromatic heterocycles. The fourth-order valence-corrected chi connectivity index (χ4v) is 3.15. The highest BCUT2D eigenvalue weighted by molar-refractivity contribution is 14.0. The van der Waals surface area contributed by atoms with Crippen molar-refractivity contribution in [2.24, 2.45) is 16.6 Å². The topological polar surface area (TPSA) is 53.6 Å². The van der Waals surface area contributed by atoms with Crippen LogP contribution in [-0.4, -0.2) is 37.0 Å². The van der Waals surface area contributed by atoms with Crippen LogP contribution in [0, 0.1) is 5.92 Å². The van der Waals surface area contributed by atoms with E-state index in [-0.39, 0.29) is 24.0 Å². The maximum Gasteiger partial charge on any atom is 0.193 e. The van der Waals surface area contributed by atoms with Crippen molar-refractivity contribution in [1.82, 2.24) is 4.90 Å². The molecule has 1 aliphatic rings. The number of anilines is 1. The Balaban J connectivity index is 0.00000288. The van der Waals surface area contributed by atoms with Crippen LogP contribution in [0.25, 0.3) is 0 Å². The molecule has 1 unspecified atom stereocenters. The third-order valence-electron chi connectivity index (χ3n) is 4.48. The summed E-state index contributed by atoms with van der Waals surface area (Å²) in [6.45, 7) is 11.1. The number of nitrogens with two attached hydrogens (primary N) is 1. The SMILES string of the molecule is CC1CCCN(CCCN=C(N)Nc2cccc(C(C)C)c2)C1.I. The Morgan fingerprint density at radius 3 is 2.92 bits per heavy atom. The van der Waals surface area contributed by atoms with Crippen molar-refractivity contribution in [3.8, 4) is 0 Å². The molecule has 0 bridgehead atoms. The number of likely N-dealkylation sites (tertiary alicyclic amines) is 1. The Hall–Kier alpha value is -0.820. The quantitative estimate of drug-likeness (QED) is 0.298. The van der Waals surface area contributed by atoms with E-state index in [1.165, 1.54) is 31.5 Å². The molecule has 1 heterocycles. The van der Waals surface area contributed by atoms with Gasteiger partial charge in [-0.25, -0.2) is 0 Å². The zero-order valence-electron chi connectivity index (χ0n) is 15.3. The van der Waals surface area contributed by atoms with Gasteiger partial charge in [-0.1, -0.05) is 32.9 Å². The molecule has 0 aliphatic carbocycles. The van der Waals surface area contributed by atoms with Crippen molar-refractivity contribution in [2.75, 3.05) is 31.5 Å². The summed E-state index contributed by atoms with van der Waals surface area (Å²) in [6, 6.07) is 8.37. The highest BCUT2D eigenvalue weighted by Gasteiger charge is 2.15. The lowest BCUT2D eigenvalue weighted by Gasteiger charge is -2.30. The Kier molecular flexibility index (Phi) is 9.66. The predicted octanol–water partition coefficient (Wildman–Crippen LogP) is 4.28. The molecule has 1 aliphatic heterocycles. The highest BCUT2D eigenvalue weighted by atomic mass is 127. The molecule has 3 N–H and O–H groups in total. The number of halogens is 1. The first-order valence-electron chi connectivity index (χ1n) is 8.94. The van der Waals surface area contributed by atoms with Crippen LogP contribution in [0.1, 0.15) is 51.5 Å². The predicted molar refractivity (Wildman–Crippen MR) is 116 cm³/mol. The van der Waals surface area contributed by atoms with Crippen molar-refractivity contribution in [1.29, 1.82) is 0 Å². The number of nitrogens with one attached hydrogen (secondary N) is 1. The van der Waals surface area contributed by atoms with Gasteiger partial charge in [-0.2, -0.15) is 0 Å². The van der Waals surface area contributed by atoms with Crippen molar-refractivity contribution < 1.29 is 0 Å². The molecule has 0 radical (unpaired) electrons. The largest absolute Gasteiger partial charge is 0.370 e. The van der Waals surface area contributed by atoms with E-state index in [9.17, 15) is 0 Å². The van der Waals surface area contributed by atoms with Crippen LogP contribution >= 0.6 is 24.0 Å². The average Bonchev–Trinajstić information content (AvgIpc) is 2.52. The van der Waals surface area contributed by atoms with Crippen molar-refractivity contribution in [2.45, 2.75) is 46.0 Å². The average molecular weight is 444 g/mol. The first-order chi connectivity index (χ1) is 11.0. The van der Waals surface area contributed by atoms with Gasteiger partial charge in [0.05, 0.1) is 0 Å². The summed E-state index contributed by atoms with van der Waals surface area (Å²) in [5, 5.41) is 3.20. The molecule has 4 nitrogen and oxygen atoms in total. The van der Waals surface area contributed by atoms with Gasteiger partial charge < -0.3 is 16.0 Å². The van der Waals surface area contributed by atoms with Crippen LogP contribution in [0.5, 0.6) is 0 Å². The fraction of sp³-hybridized carbons (Fsp3) is 0.632. The van der Waals surface area contributed by atoms with Crippen molar-refractivity contribution >= 4 is 35.6 Å². The Bertz CT molecular complexity index is 516. The number of piperidine rings is 1. The maximum absolute atomic E-state index is 6.00. The van der Waals surface area contributed by atoms with Gasteiger partial charge in [0.25, 0.3) is 0 Å². The summed E-state index contributed by atoms with van der Waals surface area (Å²) in [4.78, 5) is 7.01. The Morgan fingerprint density at radius 2 is 2.21 bits per heavy atom. The van der Waals surface area contributed by atoms with E-state index in [0.29, 0.717) is 11.9 Å². The van der Waals surface area contributed by atoms with Crippen LogP contribution < -0.4 is 11.1 Å². The molecule has 0 amide bonds. The minimum absolute atomic E-state index is 0. The van der Waals surface area contributed by atoms with Gasteiger partial charge in [0.1, 0.15) is 0 Å². The molecule has 1 fully saturated rings. The first kappa shape index (κ1) is 21.2. The van der Waals surface area contributed by atoms with Crippen molar-refractivity contribution in [3.05, 3.63) is 29.8 Å². The van der Waals surface area contributed by atoms with Gasteiger partial charge in [-0.15, -0.1) is 24.0 Å². The second-order valence-electron chi connectivity index (χ2n) is 7.07. The van der Waals surface area contributed by atoms with E-state index >= 15 is 0 Å². The molecule has 0 saturated carbocycles. The van der Waals surface area contributed by atoms with Gasteiger partial charge in [0, 0.05) is 18.8 Å². The van der Waals surface area contributed by atoms with Gasteiger partial charge in [0.15, 0.2) is 5.96 Å². The molecule has 2 rings (SSSR count). The molecule has 1 saturated heterocycles. The van der Waals surface area contributed by atoms with Crippen LogP contribution in [0.15, 0.2) is 29.3 Å². The normalized spacial score (nSPS) is 19.2. The van der Waals surface area contributed by atoms with Gasteiger partial charge in [-0.3, -0.25) is 4.99 Å². The van der Waals surface area contributed by atoms with E-state index in [1.807, 2.05) is 6.07 Å². The van der Waals surface area contributed by atoms with Gasteiger partial charge in [0.2, 0.25) is 0 Å². The monoisotopic (exact) mass is 444 g/mol. The molecular formula is C19H33IN4. The third kappa shape index (κ3) is 7.38. The molecule has 1 aromatic carbocycles. The second kappa shape index (κ2) is 10.9. The van der Waals surface area contributed by atoms with Crippen LogP contribution in [-0.2, 0) is 0 Å². The Morgan fingerprint density at radius 1 is 1.42 bits per heavy atom. The summed E-state index contributed by atoms with van der Waals surface area (Å²) in [5.41, 5.74) is 8.32. The number of rotatable bonds is 6. The number of guanidine groups is 1. The molecule has 1 aromatic rings. The van der Waals surface area contributed by atoms with Gasteiger partial charge in [-0.05, 0) is 61.9 Å². The van der Waals surface area contributed by atoms with E-state index < -0.39 is 0 Å². The second-order valence-corrected chi connectivity index (χ2v) is 7.07. The summed E-state index contributed by atoms with van der Waals surface area (Å²) in [5.74, 6) is 1.87. The lowest BCUT2D eigenvalue weighted by Crippen LogP contribution is -2.35. The molecule has 5 heteroatoms. The number of aliphatic imine (C=N–C) groups is 1. The minimum Gasteiger partial charge on any atom is -0.370 e. The molecule has 0 spiro atoms. The smallest absolute Gasteiger partial charge is 0.193 e. The molecule has 24 heavy (non-hydrogen) atoms. The Labute approximate surface area is 164 Å². The van der Waals surface area contributed by atoms with E-state index in [0.717, 1.165) is 31.1 Å². The number of hydrogen-bond donors (Lipinski definition) is 2.